The zero-order chi connectivity index (χ0) is 33.6. The van der Waals surface area contributed by atoms with Crippen molar-refractivity contribution < 1.29 is 81.6 Å². The van der Waals surface area contributed by atoms with Gasteiger partial charge in [0.2, 0.25) is 6.29 Å². The molecule has 17 nitrogen and oxygen atoms in total. The summed E-state index contributed by atoms with van der Waals surface area (Å²) in [6.07, 6.45) is -11.8. The second-order valence-electron chi connectivity index (χ2n) is 11.1. The molecule has 0 saturated carbocycles. The van der Waals surface area contributed by atoms with Crippen LogP contribution in [0, 0.1) is 0 Å². The van der Waals surface area contributed by atoms with Gasteiger partial charge in [0.25, 0.3) is 11.4 Å². The van der Waals surface area contributed by atoms with Crippen molar-refractivity contribution >= 4 is 35.8 Å². The second kappa shape index (κ2) is 12.5. The standard InChI is InChI=1S/C29H32O17/c1-12(30)38-10-19-23(41-14(3)32)22(36)24(42-15(4)33)26(43-19)46-29-25(20(11-39-29)40-13(2)31)44-27(37)28(29)18(9-21(35)45-28)16-5-7-17(34)8-6-16/h5-8,18-20,22-26,34,36H,9-11H2,1-4H3. The number of fused-ring (bicyclic) bond motifs is 2. The number of benzene rings is 1. The predicted octanol–water partition coefficient (Wildman–Crippen LogP) is -0.726. The maximum Gasteiger partial charge on any atom is 0.357 e. The van der Waals surface area contributed by atoms with E-state index in [9.17, 15) is 39.0 Å². The molecule has 0 aromatic heterocycles. The lowest BCUT2D eigenvalue weighted by atomic mass is 9.75. The molecule has 4 saturated heterocycles. The normalized spacial score (nSPS) is 36.4. The van der Waals surface area contributed by atoms with Gasteiger partial charge in [0.15, 0.2) is 24.4 Å². The highest BCUT2D eigenvalue weighted by atomic mass is 16.8. The SMILES string of the molecule is CC(=O)OCC1OC(OC23OCC(OC(C)=O)C2OC(=O)C32OC(=O)CC2c2ccc(O)cc2)C(OC(C)=O)C(O)C1OC(C)=O. The third kappa shape index (κ3) is 5.74. The molecular weight excluding hydrogens is 620 g/mol. The summed E-state index contributed by atoms with van der Waals surface area (Å²) in [5.41, 5.74) is -2.10. The first-order valence-electron chi connectivity index (χ1n) is 14.2. The molecule has 4 aliphatic heterocycles. The van der Waals surface area contributed by atoms with Crippen LogP contribution in [0.25, 0.3) is 0 Å². The summed E-state index contributed by atoms with van der Waals surface area (Å²) in [5.74, 6) is -9.03. The molecule has 0 amide bonds. The average molecular weight is 653 g/mol. The molecule has 17 heteroatoms. The Balaban J connectivity index is 1.63. The molecule has 1 aromatic rings. The molecule has 0 aliphatic carbocycles. The fourth-order valence-electron chi connectivity index (χ4n) is 6.24. The lowest BCUT2D eigenvalue weighted by molar-refractivity contribution is -0.389. The molecule has 0 radical (unpaired) electrons. The van der Waals surface area contributed by atoms with Crippen LogP contribution in [-0.4, -0.2) is 114 Å². The van der Waals surface area contributed by atoms with Gasteiger partial charge >= 0.3 is 35.8 Å². The molecule has 1 aromatic carbocycles. The van der Waals surface area contributed by atoms with Crippen LogP contribution in [0.15, 0.2) is 24.3 Å². The van der Waals surface area contributed by atoms with Gasteiger partial charge in [-0.15, -0.1) is 0 Å². The summed E-state index contributed by atoms with van der Waals surface area (Å²) in [6, 6.07) is 5.52. The van der Waals surface area contributed by atoms with Crippen molar-refractivity contribution in [2.45, 2.75) is 94.3 Å². The Bertz CT molecular complexity index is 1410. The lowest BCUT2D eigenvalue weighted by Crippen LogP contribution is -2.68. The van der Waals surface area contributed by atoms with E-state index in [1.807, 2.05) is 0 Å². The van der Waals surface area contributed by atoms with E-state index in [0.717, 1.165) is 27.7 Å². The summed E-state index contributed by atoms with van der Waals surface area (Å²) in [4.78, 5) is 74.6. The van der Waals surface area contributed by atoms with E-state index in [0.29, 0.717) is 5.56 Å². The molecule has 46 heavy (non-hydrogen) atoms. The molecule has 10 atom stereocenters. The largest absolute Gasteiger partial charge is 0.508 e. The Hall–Kier alpha value is -4.32. The number of ether oxygens (including phenoxy) is 9. The fraction of sp³-hybridized carbons (Fsp3) is 0.586. The molecule has 0 bridgehead atoms. The predicted molar refractivity (Wildman–Crippen MR) is 142 cm³/mol. The summed E-state index contributed by atoms with van der Waals surface area (Å²) in [7, 11) is 0. The summed E-state index contributed by atoms with van der Waals surface area (Å²) in [6.45, 7) is 3.27. The summed E-state index contributed by atoms with van der Waals surface area (Å²) in [5, 5.41) is 21.2. The number of rotatable bonds is 8. The Morgan fingerprint density at radius 3 is 2.15 bits per heavy atom. The number of aliphatic hydroxyl groups is 1. The summed E-state index contributed by atoms with van der Waals surface area (Å²) >= 11 is 0. The van der Waals surface area contributed by atoms with E-state index in [1.54, 1.807) is 0 Å². The highest BCUT2D eigenvalue weighted by molar-refractivity contribution is 5.93. The van der Waals surface area contributed by atoms with Crippen LogP contribution in [-0.2, 0) is 71.4 Å². The molecule has 4 aliphatic rings. The lowest BCUT2D eigenvalue weighted by Gasteiger charge is -2.47. The fourth-order valence-corrected chi connectivity index (χ4v) is 6.24. The Morgan fingerprint density at radius 2 is 1.54 bits per heavy atom. The minimum atomic E-state index is -2.47. The Kier molecular flexibility index (Phi) is 8.96. The van der Waals surface area contributed by atoms with E-state index in [1.165, 1.54) is 24.3 Å². The molecule has 10 unspecified atom stereocenters. The first-order valence-corrected chi connectivity index (χ1v) is 14.2. The molecule has 4 fully saturated rings. The first-order chi connectivity index (χ1) is 21.7. The number of phenols is 1. The average Bonchev–Trinajstić information content (AvgIpc) is 3.57. The monoisotopic (exact) mass is 652 g/mol. The van der Waals surface area contributed by atoms with E-state index in [4.69, 9.17) is 42.6 Å². The van der Waals surface area contributed by atoms with Crippen LogP contribution < -0.4 is 0 Å². The quantitative estimate of drug-likeness (QED) is 0.261. The molecule has 1 spiro atoms. The number of aromatic hydroxyl groups is 1. The number of aliphatic hydroxyl groups excluding tert-OH is 1. The smallest absolute Gasteiger partial charge is 0.357 e. The van der Waals surface area contributed by atoms with Crippen LogP contribution in [0.1, 0.15) is 45.6 Å². The van der Waals surface area contributed by atoms with Crippen LogP contribution in [0.3, 0.4) is 0 Å². The van der Waals surface area contributed by atoms with Crippen molar-refractivity contribution in [1.82, 2.24) is 0 Å². The van der Waals surface area contributed by atoms with Crippen molar-refractivity contribution in [3.8, 4) is 5.75 Å². The Morgan fingerprint density at radius 1 is 0.913 bits per heavy atom. The highest BCUT2D eigenvalue weighted by Crippen LogP contribution is 2.59. The topological polar surface area (TPSA) is 226 Å². The number of phenolic OH excluding ortho intramolecular Hbond substituents is 1. The maximum absolute atomic E-state index is 13.9. The van der Waals surface area contributed by atoms with E-state index in [-0.39, 0.29) is 12.2 Å². The van der Waals surface area contributed by atoms with Crippen molar-refractivity contribution in [1.29, 1.82) is 0 Å². The van der Waals surface area contributed by atoms with Gasteiger partial charge in [0.05, 0.1) is 18.9 Å². The summed E-state index contributed by atoms with van der Waals surface area (Å²) < 4.78 is 50.8. The number of hydrogen-bond acceptors (Lipinski definition) is 17. The maximum atomic E-state index is 13.9. The van der Waals surface area contributed by atoms with Crippen molar-refractivity contribution in [2.75, 3.05) is 13.2 Å². The van der Waals surface area contributed by atoms with Crippen molar-refractivity contribution in [3.63, 3.8) is 0 Å². The van der Waals surface area contributed by atoms with Gasteiger partial charge in [-0.25, -0.2) is 4.79 Å². The van der Waals surface area contributed by atoms with Crippen LogP contribution in [0.5, 0.6) is 5.75 Å². The van der Waals surface area contributed by atoms with Gasteiger partial charge in [0.1, 0.15) is 24.6 Å². The third-order valence-electron chi connectivity index (χ3n) is 7.94. The van der Waals surface area contributed by atoms with Crippen LogP contribution >= 0.6 is 0 Å². The van der Waals surface area contributed by atoms with Gasteiger partial charge in [0, 0.05) is 27.7 Å². The second-order valence-corrected chi connectivity index (χ2v) is 11.1. The molecule has 2 N–H and O–H groups in total. The zero-order valence-electron chi connectivity index (χ0n) is 25.1. The number of esters is 6. The van der Waals surface area contributed by atoms with Crippen LogP contribution in [0.2, 0.25) is 0 Å². The van der Waals surface area contributed by atoms with Crippen LogP contribution in [0.4, 0.5) is 0 Å². The van der Waals surface area contributed by atoms with Gasteiger partial charge in [-0.1, -0.05) is 12.1 Å². The van der Waals surface area contributed by atoms with Gasteiger partial charge in [-0.3, -0.25) is 24.0 Å². The number of carbonyl (C=O) groups is 6. The van der Waals surface area contributed by atoms with Gasteiger partial charge < -0.3 is 52.8 Å². The van der Waals surface area contributed by atoms with Crippen molar-refractivity contribution in [3.05, 3.63) is 29.8 Å². The Labute approximate surface area is 260 Å². The first kappa shape index (κ1) is 33.1. The number of carbonyl (C=O) groups excluding carboxylic acids is 6. The van der Waals surface area contributed by atoms with E-state index in [2.05, 4.69) is 0 Å². The van der Waals surface area contributed by atoms with E-state index >= 15 is 0 Å². The minimum Gasteiger partial charge on any atom is -0.508 e. The van der Waals surface area contributed by atoms with Gasteiger partial charge in [-0.2, -0.15) is 0 Å². The molecule has 4 heterocycles. The third-order valence-corrected chi connectivity index (χ3v) is 7.94. The molecule has 250 valence electrons. The van der Waals surface area contributed by atoms with Crippen molar-refractivity contribution in [2.24, 2.45) is 0 Å². The molecule has 5 rings (SSSR count). The minimum absolute atomic E-state index is 0.108. The number of hydrogen-bond donors (Lipinski definition) is 2. The van der Waals surface area contributed by atoms with Gasteiger partial charge in [-0.05, 0) is 17.7 Å². The molecular formula is C29H32O17. The highest BCUT2D eigenvalue weighted by Gasteiger charge is 2.83. The zero-order valence-corrected chi connectivity index (χ0v) is 25.1. The van der Waals surface area contributed by atoms with E-state index < -0.39 is 109 Å².